The summed E-state index contributed by atoms with van der Waals surface area (Å²) in [5, 5.41) is 35.2. The van der Waals surface area contributed by atoms with Crippen molar-refractivity contribution < 1.29 is 28.8 Å². The summed E-state index contributed by atoms with van der Waals surface area (Å²) >= 11 is 2.51. The SMILES string of the molecule is CC(Sc1nn[nH]n1)C1(C(=O)O)CS[C@@H]2C(NC(=O)CCCS(=O)c3ccc(O)cc3)C(=O)N2C1. The summed E-state index contributed by atoms with van der Waals surface area (Å²) < 4.78 is 12.3. The monoisotopic (exact) mass is 540 g/mol. The molecule has 4 N–H and O–H groups in total. The number of phenolic OH excluding ortho intramolecular Hbond substituents is 1. The summed E-state index contributed by atoms with van der Waals surface area (Å²) in [5.74, 6) is -1.01. The number of carboxylic acid groups (broad SMARTS) is 1. The third-order valence-electron chi connectivity index (χ3n) is 6.07. The number of rotatable bonds is 10. The summed E-state index contributed by atoms with van der Waals surface area (Å²) in [5.41, 5.74) is -1.20. The van der Waals surface area contributed by atoms with Crippen molar-refractivity contribution in [2.75, 3.05) is 18.1 Å². The van der Waals surface area contributed by atoms with Gasteiger partial charge in [0.2, 0.25) is 17.0 Å². The predicted molar refractivity (Wildman–Crippen MR) is 128 cm³/mol. The Kier molecular flexibility index (Phi) is 7.66. The van der Waals surface area contributed by atoms with Crippen LogP contribution < -0.4 is 5.32 Å². The molecular formula is C20H24N6O6S3. The molecule has 4 unspecified atom stereocenters. The summed E-state index contributed by atoms with van der Waals surface area (Å²) in [6, 6.07) is 5.36. The number of nitrogens with one attached hydrogen (secondary N) is 2. The molecule has 2 aliphatic heterocycles. The lowest BCUT2D eigenvalue weighted by atomic mass is 9.84. The van der Waals surface area contributed by atoms with E-state index >= 15 is 0 Å². The maximum absolute atomic E-state index is 12.8. The van der Waals surface area contributed by atoms with E-state index in [0.29, 0.717) is 16.5 Å². The van der Waals surface area contributed by atoms with Crippen LogP contribution in [-0.4, -0.2) is 92.4 Å². The van der Waals surface area contributed by atoms with E-state index < -0.39 is 33.5 Å². The van der Waals surface area contributed by atoms with Crippen LogP contribution in [0.5, 0.6) is 5.75 Å². The number of amides is 2. The Hall–Kier alpha value is -2.65. The number of β-lactam (4-membered cyclic amide) rings is 1. The van der Waals surface area contributed by atoms with Gasteiger partial charge in [0.05, 0.1) is 10.8 Å². The number of thioether (sulfide) groups is 2. The quantitative estimate of drug-likeness (QED) is 0.243. The van der Waals surface area contributed by atoms with Crippen LogP contribution in [0.2, 0.25) is 0 Å². The van der Waals surface area contributed by atoms with Crippen LogP contribution in [-0.2, 0) is 25.2 Å². The van der Waals surface area contributed by atoms with Crippen LogP contribution in [0.4, 0.5) is 0 Å². The zero-order valence-electron chi connectivity index (χ0n) is 18.6. The second-order valence-corrected chi connectivity index (χ2v) is 12.3. The number of carbonyl (C=O) groups is 3. The normalized spacial score (nSPS) is 25.3. The van der Waals surface area contributed by atoms with Crippen LogP contribution in [0.1, 0.15) is 19.8 Å². The van der Waals surface area contributed by atoms with Crippen LogP contribution in [0.15, 0.2) is 34.3 Å². The van der Waals surface area contributed by atoms with Gasteiger partial charge in [0.15, 0.2) is 0 Å². The summed E-state index contributed by atoms with van der Waals surface area (Å²) in [7, 11) is -1.30. The van der Waals surface area contributed by atoms with Crippen molar-refractivity contribution in [2.45, 2.75) is 46.5 Å². The molecule has 4 rings (SSSR count). The largest absolute Gasteiger partial charge is 0.508 e. The number of aromatic hydroxyl groups is 1. The Morgan fingerprint density at radius 2 is 2.14 bits per heavy atom. The van der Waals surface area contributed by atoms with Crippen molar-refractivity contribution in [2.24, 2.45) is 5.41 Å². The summed E-state index contributed by atoms with van der Waals surface area (Å²) in [6.07, 6.45) is 0.483. The average molecular weight is 541 g/mol. The number of phenols is 1. The van der Waals surface area contributed by atoms with E-state index in [1.165, 1.54) is 40.6 Å². The van der Waals surface area contributed by atoms with Gasteiger partial charge >= 0.3 is 5.97 Å². The number of carboxylic acids is 1. The molecule has 3 heterocycles. The first-order valence-electron chi connectivity index (χ1n) is 10.7. The zero-order valence-corrected chi connectivity index (χ0v) is 21.1. The molecule has 35 heavy (non-hydrogen) atoms. The van der Waals surface area contributed by atoms with Gasteiger partial charge in [-0.05, 0) is 35.9 Å². The zero-order chi connectivity index (χ0) is 25.2. The number of benzene rings is 1. The number of carbonyl (C=O) groups excluding carboxylic acids is 2. The minimum atomic E-state index is -1.30. The highest BCUT2D eigenvalue weighted by Gasteiger charge is 2.59. The Balaban J connectivity index is 1.28. The lowest BCUT2D eigenvalue weighted by Crippen LogP contribution is -2.74. The lowest BCUT2D eigenvalue weighted by Gasteiger charge is -2.54. The molecule has 1 aromatic heterocycles. The topological polar surface area (TPSA) is 178 Å². The molecule has 1 aromatic carbocycles. The number of aromatic amines is 1. The van der Waals surface area contributed by atoms with Crippen molar-refractivity contribution in [3.05, 3.63) is 24.3 Å². The summed E-state index contributed by atoms with van der Waals surface area (Å²) in [6.45, 7) is 1.80. The molecule has 0 spiro atoms. The van der Waals surface area contributed by atoms with E-state index in [1.807, 2.05) is 0 Å². The van der Waals surface area contributed by atoms with E-state index in [-0.39, 0.29) is 47.4 Å². The van der Waals surface area contributed by atoms with Gasteiger partial charge in [-0.1, -0.05) is 18.7 Å². The molecule has 2 amide bonds. The van der Waals surface area contributed by atoms with E-state index in [2.05, 4.69) is 25.9 Å². The Morgan fingerprint density at radius 3 is 2.80 bits per heavy atom. The van der Waals surface area contributed by atoms with E-state index in [0.717, 1.165) is 0 Å². The first-order chi connectivity index (χ1) is 16.7. The van der Waals surface area contributed by atoms with Crippen LogP contribution in [0.3, 0.4) is 0 Å². The van der Waals surface area contributed by atoms with E-state index in [9.17, 15) is 28.8 Å². The van der Waals surface area contributed by atoms with Crippen LogP contribution in [0, 0.1) is 5.41 Å². The first kappa shape index (κ1) is 25.4. The van der Waals surface area contributed by atoms with Crippen molar-refractivity contribution in [1.29, 1.82) is 0 Å². The van der Waals surface area contributed by atoms with E-state index in [4.69, 9.17) is 0 Å². The van der Waals surface area contributed by atoms with Crippen molar-refractivity contribution in [3.63, 3.8) is 0 Å². The van der Waals surface area contributed by atoms with Crippen molar-refractivity contribution in [3.8, 4) is 5.75 Å². The number of aliphatic carboxylic acids is 1. The molecule has 0 aliphatic carbocycles. The number of hydrogen-bond acceptors (Lipinski definition) is 10. The molecule has 12 nitrogen and oxygen atoms in total. The van der Waals surface area contributed by atoms with Gasteiger partial charge in [-0.15, -0.1) is 22.0 Å². The van der Waals surface area contributed by atoms with Gasteiger partial charge in [-0.2, -0.15) is 5.21 Å². The summed E-state index contributed by atoms with van der Waals surface area (Å²) in [4.78, 5) is 39.5. The smallest absolute Gasteiger partial charge is 0.313 e. The van der Waals surface area contributed by atoms with Crippen molar-refractivity contribution in [1.82, 2.24) is 30.8 Å². The van der Waals surface area contributed by atoms with Crippen LogP contribution in [0.25, 0.3) is 0 Å². The highest BCUT2D eigenvalue weighted by atomic mass is 32.2. The lowest BCUT2D eigenvalue weighted by molar-refractivity contribution is -0.158. The molecule has 2 fully saturated rings. The molecule has 5 atom stereocenters. The highest BCUT2D eigenvalue weighted by Crippen LogP contribution is 2.47. The molecule has 2 aromatic rings. The van der Waals surface area contributed by atoms with Gasteiger partial charge in [0.25, 0.3) is 0 Å². The third-order valence-corrected chi connectivity index (χ3v) is 10.3. The molecular weight excluding hydrogens is 516 g/mol. The number of nitrogens with zero attached hydrogens (tertiary/aromatic N) is 4. The maximum Gasteiger partial charge on any atom is 0.313 e. The standard InChI is InChI=1S/C20H24N6O6S3/c1-11(34-19-22-24-25-23-19)20(18(30)31)9-26-16(29)15(17(26)33-10-20)21-14(28)3-2-8-35(32)13-6-4-12(27)5-7-13/h4-7,11,15,17,27H,2-3,8-10H2,1H3,(H,21,28)(H,30,31)(H,22,23,24,25)/t11?,15?,17-,20?,35?/m1/s1. The molecule has 2 aliphatic rings. The van der Waals surface area contributed by atoms with Gasteiger partial charge in [-0.3, -0.25) is 18.6 Å². The van der Waals surface area contributed by atoms with E-state index in [1.54, 1.807) is 19.1 Å². The Labute approximate surface area is 211 Å². The molecule has 188 valence electrons. The van der Waals surface area contributed by atoms with Gasteiger partial charge < -0.3 is 20.4 Å². The second kappa shape index (κ2) is 10.5. The van der Waals surface area contributed by atoms with Crippen molar-refractivity contribution >= 4 is 52.1 Å². The fourth-order valence-electron chi connectivity index (χ4n) is 3.94. The number of fused-ring (bicyclic) bond motifs is 1. The predicted octanol–water partition coefficient (Wildman–Crippen LogP) is 0.445. The first-order valence-corrected chi connectivity index (χ1v) is 14.0. The molecule has 15 heteroatoms. The fraction of sp³-hybridized carbons (Fsp3) is 0.500. The van der Waals surface area contributed by atoms with Crippen LogP contribution >= 0.6 is 23.5 Å². The maximum atomic E-state index is 12.8. The number of H-pyrrole nitrogens is 1. The number of hydrogen-bond donors (Lipinski definition) is 4. The highest BCUT2D eigenvalue weighted by molar-refractivity contribution is 8.01. The molecule has 0 saturated carbocycles. The second-order valence-electron chi connectivity index (χ2n) is 8.28. The van der Waals surface area contributed by atoms with Gasteiger partial charge in [0, 0.05) is 34.6 Å². The minimum Gasteiger partial charge on any atom is -0.508 e. The number of aromatic nitrogens is 4. The minimum absolute atomic E-state index is 0.0306. The Morgan fingerprint density at radius 1 is 1.40 bits per heavy atom. The van der Waals surface area contributed by atoms with Gasteiger partial charge in [0.1, 0.15) is 22.6 Å². The number of tetrazole rings is 1. The Bertz CT molecular complexity index is 1120. The molecule has 0 bridgehead atoms. The molecule has 0 radical (unpaired) electrons. The third kappa shape index (κ3) is 5.30. The van der Waals surface area contributed by atoms with Gasteiger partial charge in [-0.25, -0.2) is 0 Å². The molecule has 2 saturated heterocycles. The average Bonchev–Trinajstić information content (AvgIpc) is 3.35. The fourth-order valence-corrected chi connectivity index (χ4v) is 7.78.